The minimum Gasteiger partial charge on any atom is -0.398 e. The van der Waals surface area contributed by atoms with Crippen LogP contribution in [0.15, 0.2) is 18.2 Å². The number of rotatable bonds is 6. The van der Waals surface area contributed by atoms with Crippen LogP contribution in [-0.4, -0.2) is 37.4 Å². The van der Waals surface area contributed by atoms with Crippen molar-refractivity contribution in [2.45, 2.75) is 19.4 Å². The lowest BCUT2D eigenvalue weighted by Crippen LogP contribution is -2.39. The molecule has 1 aromatic rings. The summed E-state index contributed by atoms with van der Waals surface area (Å²) in [5, 5.41) is 11.7. The number of hydrogen-bond donors (Lipinski definition) is 3. The highest BCUT2D eigenvalue weighted by Crippen LogP contribution is 2.16. The highest BCUT2D eigenvalue weighted by molar-refractivity contribution is 5.99. The van der Waals surface area contributed by atoms with Gasteiger partial charge in [-0.05, 0) is 25.0 Å². The molecule has 0 aliphatic carbocycles. The van der Waals surface area contributed by atoms with Crippen molar-refractivity contribution in [2.75, 3.05) is 26.1 Å². The van der Waals surface area contributed by atoms with E-state index in [1.165, 1.54) is 0 Å². The Morgan fingerprint density at radius 3 is 2.89 bits per heavy atom. The van der Waals surface area contributed by atoms with E-state index in [0.717, 1.165) is 5.56 Å². The Morgan fingerprint density at radius 1 is 1.56 bits per heavy atom. The van der Waals surface area contributed by atoms with Crippen molar-refractivity contribution >= 4 is 11.6 Å². The lowest BCUT2D eigenvalue weighted by Gasteiger charge is -2.17. The lowest BCUT2D eigenvalue weighted by molar-refractivity contribution is 0.0879. The van der Waals surface area contributed by atoms with Crippen LogP contribution in [0.1, 0.15) is 22.3 Å². The van der Waals surface area contributed by atoms with E-state index in [1.54, 1.807) is 19.2 Å². The summed E-state index contributed by atoms with van der Waals surface area (Å²) in [5.74, 6) is -0.244. The number of anilines is 1. The number of benzene rings is 1. The quantitative estimate of drug-likeness (QED) is 0.651. The maximum atomic E-state index is 12.0. The van der Waals surface area contributed by atoms with Crippen LogP contribution in [0, 0.1) is 6.92 Å². The monoisotopic (exact) mass is 252 g/mol. The average molecular weight is 252 g/mol. The Hall–Kier alpha value is -1.59. The number of methoxy groups -OCH3 is 1. The molecule has 1 rings (SSSR count). The van der Waals surface area contributed by atoms with Gasteiger partial charge in [0.1, 0.15) is 0 Å². The molecule has 0 radical (unpaired) electrons. The summed E-state index contributed by atoms with van der Waals surface area (Å²) in [6.45, 7) is 2.21. The molecular weight excluding hydrogens is 232 g/mol. The van der Waals surface area contributed by atoms with E-state index in [9.17, 15) is 4.79 Å². The molecule has 0 aliphatic rings. The van der Waals surface area contributed by atoms with Crippen LogP contribution >= 0.6 is 0 Å². The molecular formula is C13H20N2O3. The van der Waals surface area contributed by atoms with Gasteiger partial charge >= 0.3 is 0 Å². The van der Waals surface area contributed by atoms with Gasteiger partial charge in [-0.15, -0.1) is 0 Å². The summed E-state index contributed by atoms with van der Waals surface area (Å²) in [4.78, 5) is 12.0. The fourth-order valence-corrected chi connectivity index (χ4v) is 1.70. The smallest absolute Gasteiger partial charge is 0.253 e. The van der Waals surface area contributed by atoms with Gasteiger partial charge in [-0.3, -0.25) is 4.79 Å². The molecule has 5 nitrogen and oxygen atoms in total. The molecule has 0 spiro atoms. The molecule has 0 bridgehead atoms. The van der Waals surface area contributed by atoms with Crippen LogP contribution in [0.5, 0.6) is 0 Å². The lowest BCUT2D eigenvalue weighted by atomic mass is 10.1. The van der Waals surface area contributed by atoms with Gasteiger partial charge in [-0.25, -0.2) is 0 Å². The van der Waals surface area contributed by atoms with Crippen LogP contribution < -0.4 is 11.1 Å². The summed E-state index contributed by atoms with van der Waals surface area (Å²) in [6, 6.07) is 5.11. The Kier molecular flexibility index (Phi) is 5.61. The van der Waals surface area contributed by atoms with Crippen molar-refractivity contribution in [3.05, 3.63) is 29.3 Å². The Morgan fingerprint density at radius 2 is 2.28 bits per heavy atom. The van der Waals surface area contributed by atoms with Crippen molar-refractivity contribution in [1.29, 1.82) is 0 Å². The van der Waals surface area contributed by atoms with Crippen LogP contribution in [0.3, 0.4) is 0 Å². The second-order valence-electron chi connectivity index (χ2n) is 4.17. The first-order chi connectivity index (χ1) is 8.60. The molecule has 0 aliphatic heterocycles. The van der Waals surface area contributed by atoms with Crippen molar-refractivity contribution in [3.63, 3.8) is 0 Å². The first-order valence-corrected chi connectivity index (χ1v) is 5.86. The normalized spacial score (nSPS) is 12.2. The van der Waals surface area contributed by atoms with Crippen LogP contribution in [0.4, 0.5) is 5.69 Å². The SMILES string of the molecule is COCC(CCO)NC(=O)c1cccc(C)c1N. The van der Waals surface area contributed by atoms with E-state index in [1.807, 2.05) is 13.0 Å². The zero-order chi connectivity index (χ0) is 13.5. The van der Waals surface area contributed by atoms with Crippen LogP contribution in [0.2, 0.25) is 0 Å². The average Bonchev–Trinajstić information content (AvgIpc) is 2.33. The number of nitrogens with one attached hydrogen (secondary N) is 1. The summed E-state index contributed by atoms with van der Waals surface area (Å²) in [7, 11) is 1.55. The van der Waals surface area contributed by atoms with Gasteiger partial charge in [0.15, 0.2) is 0 Å². The minimum absolute atomic E-state index is 0.00237. The van der Waals surface area contributed by atoms with E-state index >= 15 is 0 Å². The van der Waals surface area contributed by atoms with Gasteiger partial charge < -0.3 is 20.9 Å². The predicted molar refractivity (Wildman–Crippen MR) is 70.4 cm³/mol. The molecule has 1 atom stereocenters. The van der Waals surface area contributed by atoms with Crippen LogP contribution in [-0.2, 0) is 4.74 Å². The predicted octanol–water partition coefficient (Wildman–Crippen LogP) is 0.704. The van der Waals surface area contributed by atoms with Gasteiger partial charge in [0.2, 0.25) is 0 Å². The fourth-order valence-electron chi connectivity index (χ4n) is 1.70. The standard InChI is InChI=1S/C13H20N2O3/c1-9-4-3-5-11(12(9)14)13(17)15-10(6-7-16)8-18-2/h3-5,10,16H,6-8,14H2,1-2H3,(H,15,17). The van der Waals surface area contributed by atoms with Gasteiger partial charge in [-0.2, -0.15) is 0 Å². The second-order valence-corrected chi connectivity index (χ2v) is 4.17. The third-order valence-electron chi connectivity index (χ3n) is 2.75. The van der Waals surface area contributed by atoms with Crippen molar-refractivity contribution in [1.82, 2.24) is 5.32 Å². The number of aliphatic hydroxyl groups excluding tert-OH is 1. The molecule has 5 heteroatoms. The van der Waals surface area contributed by atoms with Crippen LogP contribution in [0.25, 0.3) is 0 Å². The highest BCUT2D eigenvalue weighted by Gasteiger charge is 2.15. The molecule has 1 amide bonds. The molecule has 0 fully saturated rings. The summed E-state index contributed by atoms with van der Waals surface area (Å²) < 4.78 is 4.99. The second kappa shape index (κ2) is 6.98. The van der Waals surface area contributed by atoms with Gasteiger partial charge in [0, 0.05) is 19.4 Å². The van der Waals surface area contributed by atoms with Gasteiger partial charge in [0.05, 0.1) is 18.2 Å². The van der Waals surface area contributed by atoms with Crippen molar-refractivity contribution < 1.29 is 14.6 Å². The molecule has 18 heavy (non-hydrogen) atoms. The van der Waals surface area contributed by atoms with E-state index < -0.39 is 0 Å². The van der Waals surface area contributed by atoms with Gasteiger partial charge in [0.25, 0.3) is 5.91 Å². The summed E-state index contributed by atoms with van der Waals surface area (Å²) in [6.07, 6.45) is 0.450. The van der Waals surface area contributed by atoms with E-state index in [4.69, 9.17) is 15.6 Å². The number of nitrogen functional groups attached to an aromatic ring is 1. The van der Waals surface area contributed by atoms with Crippen molar-refractivity contribution in [2.24, 2.45) is 0 Å². The molecule has 4 N–H and O–H groups in total. The third kappa shape index (κ3) is 3.72. The van der Waals surface area contributed by atoms with Gasteiger partial charge in [-0.1, -0.05) is 12.1 Å². The molecule has 0 heterocycles. The van der Waals surface area contributed by atoms with E-state index in [-0.39, 0.29) is 18.6 Å². The maximum absolute atomic E-state index is 12.0. The topological polar surface area (TPSA) is 84.6 Å². The molecule has 1 unspecified atom stereocenters. The van der Waals surface area contributed by atoms with Crippen molar-refractivity contribution in [3.8, 4) is 0 Å². The number of nitrogens with two attached hydrogens (primary N) is 1. The largest absolute Gasteiger partial charge is 0.398 e. The summed E-state index contributed by atoms with van der Waals surface area (Å²) >= 11 is 0. The number of amides is 1. The maximum Gasteiger partial charge on any atom is 0.253 e. The Labute approximate surface area is 107 Å². The number of ether oxygens (including phenoxy) is 1. The first-order valence-electron chi connectivity index (χ1n) is 5.86. The zero-order valence-electron chi connectivity index (χ0n) is 10.8. The third-order valence-corrected chi connectivity index (χ3v) is 2.75. The number of aliphatic hydroxyl groups is 1. The molecule has 0 saturated heterocycles. The number of carbonyl (C=O) groups excluding carboxylic acids is 1. The Bertz CT molecular complexity index is 401. The zero-order valence-corrected chi connectivity index (χ0v) is 10.8. The first kappa shape index (κ1) is 14.5. The summed E-state index contributed by atoms with van der Waals surface area (Å²) in [5.41, 5.74) is 7.67. The number of para-hydroxylation sites is 1. The number of carbonyl (C=O) groups is 1. The van der Waals surface area contributed by atoms with E-state index in [0.29, 0.717) is 24.3 Å². The van der Waals surface area contributed by atoms with E-state index in [2.05, 4.69) is 5.32 Å². The fraction of sp³-hybridized carbons (Fsp3) is 0.462. The Balaban J connectivity index is 2.77. The number of aryl methyl sites for hydroxylation is 1. The molecule has 100 valence electrons. The number of hydrogen-bond acceptors (Lipinski definition) is 4. The molecule has 0 aromatic heterocycles. The highest BCUT2D eigenvalue weighted by atomic mass is 16.5. The minimum atomic E-state index is -0.244. The molecule has 1 aromatic carbocycles. The molecule has 0 saturated carbocycles.